The number of hydrogen-bond acceptors (Lipinski definition) is 6. The molecule has 1 amide bonds. The number of nitrogens with zero attached hydrogens (tertiary/aromatic N) is 3. The number of carbonyl (C=O) groups is 1. The fourth-order valence-electron chi connectivity index (χ4n) is 3.12. The van der Waals surface area contributed by atoms with Gasteiger partial charge in [0.05, 0.1) is 13.2 Å². The molecule has 1 aromatic carbocycles. The number of piperidine rings is 1. The Bertz CT molecular complexity index is 676. The first-order valence-electron chi connectivity index (χ1n) is 8.21. The molecule has 1 aromatic heterocycles. The van der Waals surface area contributed by atoms with Crippen molar-refractivity contribution in [3.8, 4) is 0 Å². The molecular formula is C17H22N4O2S. The standard InChI is InChI=1S/C17H22N4O2S/c1-12-6-5-9-21(14(12)11-22)10-15-19-20-17(24-15)16(23)18-13-7-3-2-4-8-13/h2-4,7-8,12,14,22H,5-6,9-11H2,1H3,(H,18,23). The number of nitrogens with one attached hydrogen (secondary N) is 1. The molecule has 2 aromatic rings. The number of carbonyl (C=O) groups excluding carboxylic acids is 1. The summed E-state index contributed by atoms with van der Waals surface area (Å²) in [6, 6.07) is 9.46. The van der Waals surface area contributed by atoms with Crippen LogP contribution in [0.1, 0.15) is 34.6 Å². The molecule has 3 rings (SSSR count). The lowest BCUT2D eigenvalue weighted by Crippen LogP contribution is -2.45. The summed E-state index contributed by atoms with van der Waals surface area (Å²) in [6.07, 6.45) is 2.26. The van der Waals surface area contributed by atoms with Crippen LogP contribution in [-0.2, 0) is 6.54 Å². The summed E-state index contributed by atoms with van der Waals surface area (Å²) < 4.78 is 0. The Morgan fingerprint density at radius 2 is 2.17 bits per heavy atom. The predicted molar refractivity (Wildman–Crippen MR) is 94.0 cm³/mol. The van der Waals surface area contributed by atoms with E-state index in [-0.39, 0.29) is 18.6 Å². The fraction of sp³-hybridized carbons (Fsp3) is 0.471. The predicted octanol–water partition coefficient (Wildman–Crippen LogP) is 2.38. The zero-order valence-electron chi connectivity index (χ0n) is 13.7. The molecule has 1 aliphatic rings. The van der Waals surface area contributed by atoms with Crippen LogP contribution in [0.25, 0.3) is 0 Å². The number of benzene rings is 1. The number of aromatic nitrogens is 2. The van der Waals surface area contributed by atoms with Gasteiger partial charge in [-0.1, -0.05) is 36.5 Å². The minimum absolute atomic E-state index is 0.154. The lowest BCUT2D eigenvalue weighted by atomic mass is 9.91. The Morgan fingerprint density at radius 1 is 1.38 bits per heavy atom. The van der Waals surface area contributed by atoms with Crippen LogP contribution in [0.15, 0.2) is 30.3 Å². The van der Waals surface area contributed by atoms with E-state index in [4.69, 9.17) is 0 Å². The van der Waals surface area contributed by atoms with Gasteiger partial charge in [-0.25, -0.2) is 0 Å². The molecule has 128 valence electrons. The summed E-state index contributed by atoms with van der Waals surface area (Å²) in [4.78, 5) is 14.5. The quantitative estimate of drug-likeness (QED) is 0.869. The van der Waals surface area contributed by atoms with Crippen molar-refractivity contribution in [2.45, 2.75) is 32.4 Å². The second kappa shape index (κ2) is 7.83. The van der Waals surface area contributed by atoms with E-state index >= 15 is 0 Å². The lowest BCUT2D eigenvalue weighted by molar-refractivity contribution is 0.0471. The molecule has 2 N–H and O–H groups in total. The highest BCUT2D eigenvalue weighted by molar-refractivity contribution is 7.13. The van der Waals surface area contributed by atoms with E-state index in [0.717, 1.165) is 30.1 Å². The smallest absolute Gasteiger partial charge is 0.286 e. The number of aliphatic hydroxyl groups excluding tert-OH is 1. The van der Waals surface area contributed by atoms with Gasteiger partial charge >= 0.3 is 0 Å². The zero-order chi connectivity index (χ0) is 16.9. The summed E-state index contributed by atoms with van der Waals surface area (Å²) >= 11 is 1.31. The molecule has 2 unspecified atom stereocenters. The summed E-state index contributed by atoms with van der Waals surface area (Å²) in [5, 5.41) is 21.8. The van der Waals surface area contributed by atoms with E-state index in [2.05, 4.69) is 27.3 Å². The Kier molecular flexibility index (Phi) is 5.55. The Balaban J connectivity index is 1.63. The highest BCUT2D eigenvalue weighted by Gasteiger charge is 2.28. The van der Waals surface area contributed by atoms with Gasteiger partial charge in [0.15, 0.2) is 0 Å². The van der Waals surface area contributed by atoms with Crippen molar-refractivity contribution in [3.05, 3.63) is 40.3 Å². The van der Waals surface area contributed by atoms with E-state index in [1.807, 2.05) is 30.3 Å². The first kappa shape index (κ1) is 17.0. The van der Waals surface area contributed by atoms with Crippen LogP contribution in [0.4, 0.5) is 5.69 Å². The summed E-state index contributed by atoms with van der Waals surface area (Å²) in [5.41, 5.74) is 0.740. The van der Waals surface area contributed by atoms with E-state index in [9.17, 15) is 9.90 Å². The van der Waals surface area contributed by atoms with Crippen LogP contribution in [0.2, 0.25) is 0 Å². The van der Waals surface area contributed by atoms with Gasteiger partial charge in [0.2, 0.25) is 5.01 Å². The SMILES string of the molecule is CC1CCCN(Cc2nnc(C(=O)Nc3ccccc3)s2)C1CO. The number of amides is 1. The molecule has 6 nitrogen and oxygen atoms in total. The molecule has 0 spiro atoms. The molecule has 1 fully saturated rings. The Hall–Kier alpha value is -1.83. The third-order valence-corrected chi connectivity index (χ3v) is 5.36. The maximum absolute atomic E-state index is 12.2. The second-order valence-electron chi connectivity index (χ2n) is 6.16. The molecule has 1 aliphatic heterocycles. The summed E-state index contributed by atoms with van der Waals surface area (Å²) in [7, 11) is 0. The van der Waals surface area contributed by atoms with Gasteiger partial charge < -0.3 is 10.4 Å². The molecule has 0 saturated carbocycles. The molecular weight excluding hydrogens is 324 g/mol. The lowest BCUT2D eigenvalue weighted by Gasteiger charge is -2.38. The minimum atomic E-state index is -0.240. The molecule has 0 aliphatic carbocycles. The fourth-order valence-corrected chi connectivity index (χ4v) is 3.88. The van der Waals surface area contributed by atoms with Crippen LogP contribution >= 0.6 is 11.3 Å². The number of anilines is 1. The number of likely N-dealkylation sites (tertiary alicyclic amines) is 1. The first-order chi connectivity index (χ1) is 11.7. The number of aliphatic hydroxyl groups is 1. The van der Waals surface area contributed by atoms with E-state index in [1.165, 1.54) is 11.3 Å². The van der Waals surface area contributed by atoms with Gasteiger partial charge in [-0.15, -0.1) is 10.2 Å². The van der Waals surface area contributed by atoms with Crippen molar-refractivity contribution in [1.29, 1.82) is 0 Å². The Labute approximate surface area is 145 Å². The largest absolute Gasteiger partial charge is 0.395 e. The second-order valence-corrected chi connectivity index (χ2v) is 7.22. The van der Waals surface area contributed by atoms with Crippen LogP contribution < -0.4 is 5.32 Å². The van der Waals surface area contributed by atoms with E-state index in [0.29, 0.717) is 17.5 Å². The molecule has 7 heteroatoms. The average molecular weight is 346 g/mol. The van der Waals surface area contributed by atoms with Crippen LogP contribution in [0.3, 0.4) is 0 Å². The first-order valence-corrected chi connectivity index (χ1v) is 9.02. The summed E-state index contributed by atoms with van der Waals surface area (Å²) in [6.45, 7) is 3.90. The number of hydrogen-bond donors (Lipinski definition) is 2. The van der Waals surface area contributed by atoms with Crippen LogP contribution in [0, 0.1) is 5.92 Å². The van der Waals surface area contributed by atoms with Gasteiger partial charge in [-0.05, 0) is 37.4 Å². The van der Waals surface area contributed by atoms with Crippen LogP contribution in [-0.4, -0.2) is 45.3 Å². The molecule has 2 heterocycles. The van der Waals surface area contributed by atoms with Crippen molar-refractivity contribution in [2.24, 2.45) is 5.92 Å². The van der Waals surface area contributed by atoms with Crippen molar-refractivity contribution in [2.75, 3.05) is 18.5 Å². The zero-order valence-corrected chi connectivity index (χ0v) is 14.5. The van der Waals surface area contributed by atoms with Gasteiger partial charge in [-0.2, -0.15) is 0 Å². The van der Waals surface area contributed by atoms with Gasteiger partial charge in [0.25, 0.3) is 5.91 Å². The van der Waals surface area contributed by atoms with E-state index < -0.39 is 0 Å². The third-order valence-electron chi connectivity index (χ3n) is 4.45. The minimum Gasteiger partial charge on any atom is -0.395 e. The highest BCUT2D eigenvalue weighted by Crippen LogP contribution is 2.25. The molecule has 0 bridgehead atoms. The third kappa shape index (κ3) is 3.98. The van der Waals surface area contributed by atoms with Crippen LogP contribution in [0.5, 0.6) is 0 Å². The monoisotopic (exact) mass is 346 g/mol. The Morgan fingerprint density at radius 3 is 2.92 bits per heavy atom. The van der Waals surface area contributed by atoms with Gasteiger partial charge in [0, 0.05) is 11.7 Å². The highest BCUT2D eigenvalue weighted by atomic mass is 32.1. The number of rotatable bonds is 5. The number of para-hydroxylation sites is 1. The van der Waals surface area contributed by atoms with Crippen molar-refractivity contribution >= 4 is 22.9 Å². The molecule has 2 atom stereocenters. The van der Waals surface area contributed by atoms with Gasteiger partial charge in [0.1, 0.15) is 5.01 Å². The molecule has 1 saturated heterocycles. The normalized spacial score (nSPS) is 21.6. The van der Waals surface area contributed by atoms with Crippen molar-refractivity contribution in [1.82, 2.24) is 15.1 Å². The van der Waals surface area contributed by atoms with Crippen molar-refractivity contribution in [3.63, 3.8) is 0 Å². The molecule has 24 heavy (non-hydrogen) atoms. The molecule has 0 radical (unpaired) electrons. The maximum Gasteiger partial charge on any atom is 0.286 e. The average Bonchev–Trinajstić information content (AvgIpc) is 3.05. The topological polar surface area (TPSA) is 78.4 Å². The van der Waals surface area contributed by atoms with Crippen molar-refractivity contribution < 1.29 is 9.90 Å². The van der Waals surface area contributed by atoms with E-state index in [1.54, 1.807) is 0 Å². The maximum atomic E-state index is 12.2. The van der Waals surface area contributed by atoms with Gasteiger partial charge in [-0.3, -0.25) is 9.69 Å². The summed E-state index contributed by atoms with van der Waals surface area (Å²) in [5.74, 6) is 0.230.